The summed E-state index contributed by atoms with van der Waals surface area (Å²) in [5, 5.41) is 6.18. The van der Waals surface area contributed by atoms with Crippen molar-refractivity contribution in [1.29, 1.82) is 0 Å². The number of carbonyl (C=O) groups is 1. The molecule has 0 aliphatic carbocycles. The largest absolute Gasteiger partial charge is 0.467 e. The maximum Gasteiger partial charge on any atom is 0.253 e. The number of hydrogen-bond donors (Lipinski definition) is 2. The van der Waals surface area contributed by atoms with Crippen LogP contribution in [0, 0.1) is 0 Å². The second-order valence-corrected chi connectivity index (χ2v) is 6.09. The molecule has 3 aromatic rings. The van der Waals surface area contributed by atoms with Gasteiger partial charge in [-0.3, -0.25) is 9.78 Å². The van der Waals surface area contributed by atoms with Gasteiger partial charge in [0.1, 0.15) is 5.76 Å². The number of aromatic nitrogens is 1. The molecule has 0 aliphatic heterocycles. The topological polar surface area (TPSA) is 67.2 Å². The second kappa shape index (κ2) is 7.66. The molecule has 0 saturated carbocycles. The molecule has 128 valence electrons. The zero-order valence-electron chi connectivity index (χ0n) is 14.3. The molecule has 5 heteroatoms. The molecule has 3 rings (SSSR count). The van der Waals surface area contributed by atoms with Crippen molar-refractivity contribution in [3.8, 4) is 0 Å². The summed E-state index contributed by atoms with van der Waals surface area (Å²) in [7, 11) is 0. The number of para-hydroxylation sites is 1. The van der Waals surface area contributed by atoms with Crippen LogP contribution >= 0.6 is 0 Å². The van der Waals surface area contributed by atoms with Crippen LogP contribution in [0.2, 0.25) is 0 Å². The van der Waals surface area contributed by atoms with E-state index in [0.717, 1.165) is 11.4 Å². The van der Waals surface area contributed by atoms with Gasteiger partial charge in [0.05, 0.1) is 30.3 Å². The average molecular weight is 335 g/mol. The monoisotopic (exact) mass is 335 g/mol. The zero-order valence-corrected chi connectivity index (χ0v) is 14.3. The molecule has 0 aliphatic rings. The van der Waals surface area contributed by atoms with Gasteiger partial charge in [-0.2, -0.15) is 0 Å². The Balaban J connectivity index is 1.72. The molecule has 0 atom stereocenters. The van der Waals surface area contributed by atoms with Gasteiger partial charge >= 0.3 is 0 Å². The van der Waals surface area contributed by atoms with Crippen molar-refractivity contribution in [3.05, 3.63) is 78.0 Å². The molecule has 25 heavy (non-hydrogen) atoms. The van der Waals surface area contributed by atoms with Gasteiger partial charge in [0.25, 0.3) is 5.91 Å². The minimum absolute atomic E-state index is 0.190. The predicted molar refractivity (Wildman–Crippen MR) is 97.9 cm³/mol. The quantitative estimate of drug-likeness (QED) is 0.697. The Kier molecular flexibility index (Phi) is 5.14. The number of nitrogens with zero attached hydrogens (tertiary/aromatic N) is 1. The van der Waals surface area contributed by atoms with E-state index >= 15 is 0 Å². The van der Waals surface area contributed by atoms with Crippen molar-refractivity contribution < 1.29 is 9.21 Å². The van der Waals surface area contributed by atoms with Gasteiger partial charge in [-0.1, -0.05) is 32.0 Å². The molecule has 2 heterocycles. The SMILES string of the molecule is CC(C)c1ccccc1Nc1cncc(C(=O)NCc2ccco2)c1. The number of pyridine rings is 1. The van der Waals surface area contributed by atoms with Crippen molar-refractivity contribution in [3.63, 3.8) is 0 Å². The van der Waals surface area contributed by atoms with Crippen LogP contribution in [0.15, 0.2) is 65.5 Å². The molecule has 0 radical (unpaired) electrons. The van der Waals surface area contributed by atoms with E-state index in [1.165, 1.54) is 5.56 Å². The highest BCUT2D eigenvalue weighted by Gasteiger charge is 2.10. The number of benzene rings is 1. The maximum atomic E-state index is 12.3. The standard InChI is InChI=1S/C20H21N3O2/c1-14(2)18-7-3-4-8-19(18)23-16-10-15(11-21-12-16)20(24)22-13-17-6-5-9-25-17/h3-12,14,23H,13H2,1-2H3,(H,22,24). The van der Waals surface area contributed by atoms with Crippen molar-refractivity contribution in [1.82, 2.24) is 10.3 Å². The van der Waals surface area contributed by atoms with E-state index in [-0.39, 0.29) is 5.91 Å². The first-order valence-corrected chi connectivity index (χ1v) is 8.25. The van der Waals surface area contributed by atoms with Gasteiger partial charge in [0.2, 0.25) is 0 Å². The molecule has 2 N–H and O–H groups in total. The van der Waals surface area contributed by atoms with Crippen LogP contribution in [0.1, 0.15) is 41.4 Å². The van der Waals surface area contributed by atoms with Crippen molar-refractivity contribution >= 4 is 17.3 Å². The Morgan fingerprint density at radius 1 is 1.16 bits per heavy atom. The molecular weight excluding hydrogens is 314 g/mol. The number of furan rings is 1. The third kappa shape index (κ3) is 4.26. The molecule has 5 nitrogen and oxygen atoms in total. The molecular formula is C20H21N3O2. The van der Waals surface area contributed by atoms with E-state index in [1.54, 1.807) is 30.8 Å². The first kappa shape index (κ1) is 16.8. The molecule has 0 unspecified atom stereocenters. The fraction of sp³-hybridized carbons (Fsp3) is 0.200. The fourth-order valence-electron chi connectivity index (χ4n) is 2.58. The molecule has 0 bridgehead atoms. The van der Waals surface area contributed by atoms with E-state index < -0.39 is 0 Å². The zero-order chi connectivity index (χ0) is 17.6. The van der Waals surface area contributed by atoms with Crippen LogP contribution in [0.5, 0.6) is 0 Å². The van der Waals surface area contributed by atoms with Gasteiger partial charge < -0.3 is 15.1 Å². The molecule has 1 aromatic carbocycles. The van der Waals surface area contributed by atoms with E-state index in [1.807, 2.05) is 24.3 Å². The molecule has 0 saturated heterocycles. The smallest absolute Gasteiger partial charge is 0.253 e. The van der Waals surface area contributed by atoms with Gasteiger partial charge in [0.15, 0.2) is 0 Å². The van der Waals surface area contributed by atoms with E-state index in [0.29, 0.717) is 23.8 Å². The summed E-state index contributed by atoms with van der Waals surface area (Å²) < 4.78 is 5.22. The highest BCUT2D eigenvalue weighted by atomic mass is 16.3. The summed E-state index contributed by atoms with van der Waals surface area (Å²) in [4.78, 5) is 16.5. The van der Waals surface area contributed by atoms with Gasteiger partial charge in [-0.15, -0.1) is 0 Å². The Morgan fingerprint density at radius 3 is 2.76 bits per heavy atom. The summed E-state index contributed by atoms with van der Waals surface area (Å²) >= 11 is 0. The van der Waals surface area contributed by atoms with Crippen molar-refractivity contribution in [2.75, 3.05) is 5.32 Å². The lowest BCUT2D eigenvalue weighted by Crippen LogP contribution is -2.22. The molecule has 1 amide bonds. The lowest BCUT2D eigenvalue weighted by molar-refractivity contribution is 0.0947. The van der Waals surface area contributed by atoms with Crippen LogP contribution in [-0.4, -0.2) is 10.9 Å². The summed E-state index contributed by atoms with van der Waals surface area (Å²) in [6.45, 7) is 4.65. The van der Waals surface area contributed by atoms with Crippen LogP contribution in [-0.2, 0) is 6.54 Å². The fourth-order valence-corrected chi connectivity index (χ4v) is 2.58. The Morgan fingerprint density at radius 2 is 2.00 bits per heavy atom. The number of anilines is 2. The highest BCUT2D eigenvalue weighted by molar-refractivity contribution is 5.94. The first-order valence-electron chi connectivity index (χ1n) is 8.25. The Hall–Kier alpha value is -3.08. The van der Waals surface area contributed by atoms with E-state index in [9.17, 15) is 4.79 Å². The summed E-state index contributed by atoms with van der Waals surface area (Å²) in [5.74, 6) is 0.919. The number of hydrogen-bond acceptors (Lipinski definition) is 4. The summed E-state index contributed by atoms with van der Waals surface area (Å²) in [6, 6.07) is 13.5. The normalized spacial score (nSPS) is 10.7. The molecule has 0 fully saturated rings. The third-order valence-electron chi connectivity index (χ3n) is 3.87. The third-order valence-corrected chi connectivity index (χ3v) is 3.87. The number of carbonyl (C=O) groups excluding carboxylic acids is 1. The van der Waals surface area contributed by atoms with Gasteiger partial charge in [0, 0.05) is 11.9 Å². The van der Waals surface area contributed by atoms with Gasteiger partial charge in [-0.05, 0) is 35.7 Å². The maximum absolute atomic E-state index is 12.3. The minimum Gasteiger partial charge on any atom is -0.467 e. The lowest BCUT2D eigenvalue weighted by Gasteiger charge is -2.14. The summed E-state index contributed by atoms with van der Waals surface area (Å²) in [6.07, 6.45) is 4.84. The molecule has 2 aromatic heterocycles. The first-order chi connectivity index (χ1) is 12.1. The Bertz CT molecular complexity index is 842. The van der Waals surface area contributed by atoms with Crippen LogP contribution in [0.3, 0.4) is 0 Å². The second-order valence-electron chi connectivity index (χ2n) is 6.09. The van der Waals surface area contributed by atoms with Crippen molar-refractivity contribution in [2.45, 2.75) is 26.3 Å². The minimum atomic E-state index is -0.190. The van der Waals surface area contributed by atoms with Crippen LogP contribution < -0.4 is 10.6 Å². The van der Waals surface area contributed by atoms with E-state index in [2.05, 4.69) is 35.5 Å². The van der Waals surface area contributed by atoms with Crippen LogP contribution in [0.25, 0.3) is 0 Å². The lowest BCUT2D eigenvalue weighted by atomic mass is 10.0. The van der Waals surface area contributed by atoms with Gasteiger partial charge in [-0.25, -0.2) is 0 Å². The average Bonchev–Trinajstić information content (AvgIpc) is 3.14. The number of amides is 1. The molecule has 0 spiro atoms. The van der Waals surface area contributed by atoms with Crippen LogP contribution in [0.4, 0.5) is 11.4 Å². The predicted octanol–water partition coefficient (Wildman–Crippen LogP) is 4.47. The number of rotatable bonds is 6. The van der Waals surface area contributed by atoms with Crippen molar-refractivity contribution in [2.24, 2.45) is 0 Å². The highest BCUT2D eigenvalue weighted by Crippen LogP contribution is 2.26. The number of nitrogens with one attached hydrogen (secondary N) is 2. The van der Waals surface area contributed by atoms with E-state index in [4.69, 9.17) is 4.42 Å². The Labute approximate surface area is 147 Å². The summed E-state index contributed by atoms with van der Waals surface area (Å²) in [5.41, 5.74) is 3.51.